The van der Waals surface area contributed by atoms with Crippen molar-refractivity contribution in [3.63, 3.8) is 0 Å². The van der Waals surface area contributed by atoms with Crippen molar-refractivity contribution < 1.29 is 18.7 Å². The number of thiazole rings is 1. The highest BCUT2D eigenvalue weighted by atomic mass is 35.5. The average Bonchev–Trinajstić information content (AvgIpc) is 3.49. The molecule has 9 nitrogen and oxygen atoms in total. The second kappa shape index (κ2) is 10.1. The van der Waals surface area contributed by atoms with Crippen LogP contribution in [0, 0.1) is 5.82 Å². The van der Waals surface area contributed by atoms with E-state index in [1.165, 1.54) is 35.3 Å². The number of nitrogens with one attached hydrogen (secondary N) is 1. The summed E-state index contributed by atoms with van der Waals surface area (Å²) in [5.74, 6) is -0.512. The molecule has 40 heavy (non-hydrogen) atoms. The van der Waals surface area contributed by atoms with Crippen LogP contribution in [0.5, 0.6) is 5.75 Å². The van der Waals surface area contributed by atoms with Crippen LogP contribution in [0.25, 0.3) is 21.3 Å². The number of rotatable bonds is 3. The molecule has 2 aromatic carbocycles. The topological polar surface area (TPSA) is 115 Å². The fourth-order valence-electron chi connectivity index (χ4n) is 5.39. The number of amides is 2. The molecule has 0 spiro atoms. The third-order valence-corrected chi connectivity index (χ3v) is 8.99. The Morgan fingerprint density at radius 1 is 1.27 bits per heavy atom. The molecule has 0 unspecified atom stereocenters. The number of nitrogens with zero attached hydrogens (tertiary/aromatic N) is 4. The predicted octanol–water partition coefficient (Wildman–Crippen LogP) is 6.25. The van der Waals surface area contributed by atoms with E-state index in [1.54, 1.807) is 4.90 Å². The van der Waals surface area contributed by atoms with E-state index in [0.717, 1.165) is 11.3 Å². The SMILES string of the molecule is CC1(NC(=O)n2cnc(Cl)c2)CC(N2CCCOc3c(cc(Cl)c(-c4ccc(F)c5sc(N)nc45)c3Cl)C2=O)C1. The smallest absolute Gasteiger partial charge is 0.327 e. The lowest BCUT2D eigenvalue weighted by Gasteiger charge is -2.50. The van der Waals surface area contributed by atoms with Crippen molar-refractivity contribution in [2.24, 2.45) is 0 Å². The van der Waals surface area contributed by atoms with E-state index in [9.17, 15) is 14.0 Å². The lowest BCUT2D eigenvalue weighted by atomic mass is 9.73. The summed E-state index contributed by atoms with van der Waals surface area (Å²) in [7, 11) is 0. The highest BCUT2D eigenvalue weighted by Crippen LogP contribution is 2.47. The van der Waals surface area contributed by atoms with Crippen molar-refractivity contribution in [2.45, 2.75) is 37.8 Å². The van der Waals surface area contributed by atoms with Crippen LogP contribution in [-0.4, -0.2) is 56.1 Å². The number of carbonyl (C=O) groups excluding carboxylic acids is 2. The van der Waals surface area contributed by atoms with E-state index in [2.05, 4.69) is 15.3 Å². The zero-order valence-corrected chi connectivity index (χ0v) is 24.1. The molecule has 14 heteroatoms. The minimum atomic E-state index is -0.511. The van der Waals surface area contributed by atoms with Gasteiger partial charge in [0.2, 0.25) is 0 Å². The summed E-state index contributed by atoms with van der Waals surface area (Å²) in [5.41, 5.74) is 6.79. The van der Waals surface area contributed by atoms with Crippen molar-refractivity contribution in [2.75, 3.05) is 18.9 Å². The third-order valence-electron chi connectivity index (χ3n) is 7.24. The molecule has 2 amide bonds. The maximum Gasteiger partial charge on any atom is 0.327 e. The zero-order chi connectivity index (χ0) is 28.3. The van der Waals surface area contributed by atoms with Gasteiger partial charge in [-0.15, -0.1) is 0 Å². The number of anilines is 1. The van der Waals surface area contributed by atoms with E-state index in [4.69, 9.17) is 45.3 Å². The maximum absolute atomic E-state index is 14.4. The quantitative estimate of drug-likeness (QED) is 0.279. The van der Waals surface area contributed by atoms with Gasteiger partial charge in [0.1, 0.15) is 17.3 Å². The van der Waals surface area contributed by atoms with E-state index in [1.807, 2.05) is 6.92 Å². The maximum atomic E-state index is 14.4. The molecule has 1 aliphatic heterocycles. The predicted molar refractivity (Wildman–Crippen MR) is 153 cm³/mol. The van der Waals surface area contributed by atoms with Crippen LogP contribution in [-0.2, 0) is 0 Å². The lowest BCUT2D eigenvalue weighted by Crippen LogP contribution is -2.63. The van der Waals surface area contributed by atoms with Gasteiger partial charge >= 0.3 is 6.03 Å². The first-order valence-corrected chi connectivity index (χ1v) is 14.3. The lowest BCUT2D eigenvalue weighted by molar-refractivity contribution is 0.0322. The van der Waals surface area contributed by atoms with Crippen LogP contribution in [0.4, 0.5) is 14.3 Å². The number of ether oxygens (including phenoxy) is 1. The van der Waals surface area contributed by atoms with Gasteiger partial charge in [0.25, 0.3) is 5.91 Å². The van der Waals surface area contributed by atoms with Crippen molar-refractivity contribution >= 4 is 73.4 Å². The minimum Gasteiger partial charge on any atom is -0.491 e. The van der Waals surface area contributed by atoms with Crippen LogP contribution in [0.3, 0.4) is 0 Å². The van der Waals surface area contributed by atoms with Gasteiger partial charge in [-0.25, -0.2) is 19.2 Å². The summed E-state index contributed by atoms with van der Waals surface area (Å²) in [6, 6.07) is 3.92. The van der Waals surface area contributed by atoms with Crippen molar-refractivity contribution in [1.29, 1.82) is 0 Å². The fourth-order valence-corrected chi connectivity index (χ4v) is 7.02. The van der Waals surface area contributed by atoms with Crippen molar-refractivity contribution in [3.05, 3.63) is 57.3 Å². The van der Waals surface area contributed by atoms with Crippen molar-refractivity contribution in [3.8, 4) is 16.9 Å². The first kappa shape index (κ1) is 27.1. The summed E-state index contributed by atoms with van der Waals surface area (Å²) in [5, 5.41) is 3.77. The molecular weight excluding hydrogens is 602 g/mol. The Balaban J connectivity index is 1.29. The van der Waals surface area contributed by atoms with Crippen LogP contribution >= 0.6 is 46.1 Å². The molecule has 2 aliphatic rings. The van der Waals surface area contributed by atoms with Crippen LogP contribution < -0.4 is 15.8 Å². The molecule has 3 N–H and O–H groups in total. The van der Waals surface area contributed by atoms with Gasteiger partial charge in [-0.2, -0.15) is 0 Å². The number of benzene rings is 2. The first-order chi connectivity index (χ1) is 19.0. The van der Waals surface area contributed by atoms with E-state index < -0.39 is 11.4 Å². The minimum absolute atomic E-state index is 0.109. The van der Waals surface area contributed by atoms with Gasteiger partial charge in [0, 0.05) is 29.3 Å². The Morgan fingerprint density at radius 2 is 2.05 bits per heavy atom. The van der Waals surface area contributed by atoms with Crippen LogP contribution in [0.15, 0.2) is 30.7 Å². The fraction of sp³-hybridized carbons (Fsp3) is 0.308. The molecule has 0 bridgehead atoms. The van der Waals surface area contributed by atoms with Gasteiger partial charge in [0.15, 0.2) is 10.9 Å². The van der Waals surface area contributed by atoms with Gasteiger partial charge in [-0.3, -0.25) is 9.36 Å². The number of fused-ring (bicyclic) bond motifs is 2. The molecule has 0 saturated heterocycles. The monoisotopic (exact) mass is 622 g/mol. The van der Waals surface area contributed by atoms with Crippen LogP contribution in [0.2, 0.25) is 15.2 Å². The average molecular weight is 624 g/mol. The normalized spacial score (nSPS) is 20.9. The Labute approximate surface area is 247 Å². The second-order valence-electron chi connectivity index (χ2n) is 10.1. The summed E-state index contributed by atoms with van der Waals surface area (Å²) in [6.07, 6.45) is 4.47. The zero-order valence-electron chi connectivity index (χ0n) is 21.0. The van der Waals surface area contributed by atoms with Gasteiger partial charge in [0.05, 0.1) is 38.6 Å². The Kier molecular flexibility index (Phi) is 6.81. The number of hydrogen-bond acceptors (Lipinski definition) is 7. The summed E-state index contributed by atoms with van der Waals surface area (Å²) >= 11 is 20.4. The Morgan fingerprint density at radius 3 is 2.77 bits per heavy atom. The van der Waals surface area contributed by atoms with Crippen LogP contribution in [0.1, 0.15) is 36.5 Å². The molecular formula is C26H22Cl3FN6O3S. The van der Waals surface area contributed by atoms with E-state index in [-0.39, 0.29) is 54.3 Å². The molecule has 1 fully saturated rings. The molecule has 0 radical (unpaired) electrons. The number of halogens is 4. The number of imidazole rings is 1. The van der Waals surface area contributed by atoms with Gasteiger partial charge < -0.3 is 20.7 Å². The number of aromatic nitrogens is 3. The van der Waals surface area contributed by atoms with Crippen molar-refractivity contribution in [1.82, 2.24) is 24.8 Å². The highest BCUT2D eigenvalue weighted by molar-refractivity contribution is 7.22. The second-order valence-corrected chi connectivity index (χ2v) is 12.3. The molecule has 4 aromatic rings. The van der Waals surface area contributed by atoms with E-state index in [0.29, 0.717) is 49.1 Å². The summed E-state index contributed by atoms with van der Waals surface area (Å²) in [4.78, 5) is 36.4. The number of carbonyl (C=O) groups is 2. The summed E-state index contributed by atoms with van der Waals surface area (Å²) < 4.78 is 22.0. The summed E-state index contributed by atoms with van der Waals surface area (Å²) in [6.45, 7) is 2.72. The number of nitrogens with two attached hydrogens (primary N) is 1. The molecule has 1 saturated carbocycles. The molecule has 6 rings (SSSR count). The molecule has 2 aromatic heterocycles. The Bertz CT molecular complexity index is 1690. The highest BCUT2D eigenvalue weighted by Gasteiger charge is 2.46. The van der Waals surface area contributed by atoms with Gasteiger partial charge in [-0.1, -0.05) is 46.1 Å². The van der Waals surface area contributed by atoms with Gasteiger partial charge in [-0.05, 0) is 44.4 Å². The number of nitrogen functional groups attached to an aromatic ring is 1. The molecule has 0 atom stereocenters. The Hall–Kier alpha value is -3.12. The number of hydrogen-bond donors (Lipinski definition) is 2. The van der Waals surface area contributed by atoms with E-state index >= 15 is 0 Å². The molecule has 208 valence electrons. The largest absolute Gasteiger partial charge is 0.491 e. The molecule has 1 aliphatic carbocycles. The standard InChI is InChI=1S/C26H22Cl3FN6O3S/c1-26(34-25(38)35-10-17(28)32-11-35)8-12(9-26)36-5-2-6-39-21-14(23(36)37)7-15(27)18(19(21)29)13-3-4-16(30)22-20(13)33-24(31)40-22/h3-4,7,10-12H,2,5-6,8-9H2,1H3,(H2,31,33)(H,34,38). The molecule has 3 heterocycles. The third kappa shape index (κ3) is 4.64. The first-order valence-electron chi connectivity index (χ1n) is 12.4.